The normalized spacial score (nSPS) is 16.5. The highest BCUT2D eigenvalue weighted by Crippen LogP contribution is 2.34. The molecule has 0 fully saturated rings. The zero-order valence-electron chi connectivity index (χ0n) is 19.1. The van der Waals surface area contributed by atoms with Crippen molar-refractivity contribution >= 4 is 18.2 Å². The summed E-state index contributed by atoms with van der Waals surface area (Å²) in [6, 6.07) is 7.45. The standard InChI is InChI=1S/C23H27N5O6/c1-4-33-18-10-16(21-20(22(30)32-3)14(2)26-23(31)27-21)7-8-17(18)34-13-19(29)28-25-12-15-6-5-9-24-11-15/h5-12,19,21,28-29H,4,13H2,1-3H3,(H2,26,27,31)/b25-12-/t19-,21-/m0/s1. The largest absolute Gasteiger partial charge is 0.490 e. The number of pyridine rings is 1. The van der Waals surface area contributed by atoms with Crippen molar-refractivity contribution in [3.05, 3.63) is 65.1 Å². The van der Waals surface area contributed by atoms with Crippen LogP contribution in [0.1, 0.15) is 31.0 Å². The predicted molar refractivity (Wildman–Crippen MR) is 123 cm³/mol. The molecule has 34 heavy (non-hydrogen) atoms. The van der Waals surface area contributed by atoms with Crippen molar-refractivity contribution in [2.45, 2.75) is 26.1 Å². The number of carbonyl (C=O) groups excluding carboxylic acids is 2. The van der Waals surface area contributed by atoms with Crippen LogP contribution in [0.4, 0.5) is 4.79 Å². The second-order valence-electron chi connectivity index (χ2n) is 7.20. The second-order valence-corrected chi connectivity index (χ2v) is 7.20. The van der Waals surface area contributed by atoms with E-state index in [-0.39, 0.29) is 12.2 Å². The number of aromatic nitrogens is 1. The number of benzene rings is 1. The predicted octanol–water partition coefficient (Wildman–Crippen LogP) is 1.60. The van der Waals surface area contributed by atoms with Gasteiger partial charge < -0.3 is 30.0 Å². The van der Waals surface area contributed by atoms with Gasteiger partial charge in [-0.05, 0) is 37.6 Å². The van der Waals surface area contributed by atoms with Gasteiger partial charge >= 0.3 is 12.0 Å². The average Bonchev–Trinajstić information content (AvgIpc) is 2.83. The Balaban J connectivity index is 1.72. The maximum Gasteiger partial charge on any atom is 0.337 e. The van der Waals surface area contributed by atoms with Crippen LogP contribution in [-0.4, -0.2) is 54.9 Å². The van der Waals surface area contributed by atoms with Crippen molar-refractivity contribution in [2.75, 3.05) is 20.3 Å². The van der Waals surface area contributed by atoms with Crippen LogP contribution in [0.3, 0.4) is 0 Å². The molecule has 2 amide bonds. The van der Waals surface area contributed by atoms with Crippen LogP contribution < -0.4 is 25.5 Å². The number of aliphatic hydroxyl groups excluding tert-OH is 1. The van der Waals surface area contributed by atoms with Crippen LogP contribution >= 0.6 is 0 Å². The van der Waals surface area contributed by atoms with E-state index < -0.39 is 24.3 Å². The van der Waals surface area contributed by atoms with E-state index in [1.807, 2.05) is 13.0 Å². The van der Waals surface area contributed by atoms with E-state index in [1.54, 1.807) is 43.6 Å². The zero-order chi connectivity index (χ0) is 24.5. The number of carbonyl (C=O) groups is 2. The second kappa shape index (κ2) is 11.7. The molecule has 0 saturated heterocycles. The maximum absolute atomic E-state index is 12.3. The van der Waals surface area contributed by atoms with E-state index in [0.717, 1.165) is 5.56 Å². The van der Waals surface area contributed by atoms with Gasteiger partial charge in [0.05, 0.1) is 31.5 Å². The molecule has 11 heteroatoms. The molecule has 0 spiro atoms. The number of aliphatic hydroxyl groups is 1. The Morgan fingerprint density at radius 3 is 2.85 bits per heavy atom. The fourth-order valence-electron chi connectivity index (χ4n) is 3.27. The summed E-state index contributed by atoms with van der Waals surface area (Å²) in [5.74, 6) is 0.207. The molecule has 0 radical (unpaired) electrons. The van der Waals surface area contributed by atoms with Gasteiger partial charge in [-0.3, -0.25) is 10.4 Å². The van der Waals surface area contributed by atoms with Gasteiger partial charge in [0.1, 0.15) is 6.61 Å². The third-order valence-electron chi connectivity index (χ3n) is 4.79. The summed E-state index contributed by atoms with van der Waals surface area (Å²) in [7, 11) is 1.28. The number of esters is 1. The van der Waals surface area contributed by atoms with Gasteiger partial charge in [-0.1, -0.05) is 12.1 Å². The summed E-state index contributed by atoms with van der Waals surface area (Å²) >= 11 is 0. The summed E-state index contributed by atoms with van der Waals surface area (Å²) in [4.78, 5) is 28.3. The van der Waals surface area contributed by atoms with Crippen LogP contribution in [-0.2, 0) is 9.53 Å². The Kier molecular flexibility index (Phi) is 8.41. The highest BCUT2D eigenvalue weighted by atomic mass is 16.5. The fraction of sp³-hybridized carbons (Fsp3) is 0.304. The van der Waals surface area contributed by atoms with Crippen LogP contribution in [0.2, 0.25) is 0 Å². The molecule has 0 unspecified atom stereocenters. The number of hydrogen-bond donors (Lipinski definition) is 4. The molecule has 1 aliphatic heterocycles. The highest BCUT2D eigenvalue weighted by Gasteiger charge is 2.32. The minimum atomic E-state index is -1.08. The first kappa shape index (κ1) is 24.5. The molecule has 180 valence electrons. The van der Waals surface area contributed by atoms with Gasteiger partial charge in [0.25, 0.3) is 0 Å². The van der Waals surface area contributed by atoms with Crippen molar-refractivity contribution in [3.63, 3.8) is 0 Å². The number of methoxy groups -OCH3 is 1. The van der Waals surface area contributed by atoms with Crippen LogP contribution in [0.15, 0.2) is 59.1 Å². The summed E-state index contributed by atoms with van der Waals surface area (Å²) in [5, 5.41) is 19.4. The molecule has 2 atom stereocenters. The first-order valence-electron chi connectivity index (χ1n) is 10.6. The Bertz CT molecular complexity index is 1070. The summed E-state index contributed by atoms with van der Waals surface area (Å²) in [5.41, 5.74) is 4.63. The van der Waals surface area contributed by atoms with E-state index in [2.05, 4.69) is 26.1 Å². The Morgan fingerprint density at radius 2 is 2.15 bits per heavy atom. The molecular formula is C23H27N5O6. The minimum Gasteiger partial charge on any atom is -0.490 e. The first-order chi connectivity index (χ1) is 16.4. The van der Waals surface area contributed by atoms with Crippen molar-refractivity contribution < 1.29 is 28.9 Å². The monoisotopic (exact) mass is 469 g/mol. The summed E-state index contributed by atoms with van der Waals surface area (Å²) in [6.45, 7) is 3.69. The van der Waals surface area contributed by atoms with Gasteiger partial charge in [0, 0.05) is 23.7 Å². The third-order valence-corrected chi connectivity index (χ3v) is 4.79. The third kappa shape index (κ3) is 6.23. The van der Waals surface area contributed by atoms with Crippen LogP contribution in [0, 0.1) is 0 Å². The van der Waals surface area contributed by atoms with Gasteiger partial charge in [-0.2, -0.15) is 5.10 Å². The summed E-state index contributed by atoms with van der Waals surface area (Å²) in [6.07, 6.45) is 3.74. The summed E-state index contributed by atoms with van der Waals surface area (Å²) < 4.78 is 16.3. The number of amides is 2. The van der Waals surface area contributed by atoms with Crippen molar-refractivity contribution in [2.24, 2.45) is 5.10 Å². The smallest absolute Gasteiger partial charge is 0.337 e. The van der Waals surface area contributed by atoms with E-state index in [1.165, 1.54) is 13.3 Å². The fourth-order valence-corrected chi connectivity index (χ4v) is 3.27. The number of urea groups is 1. The number of hydrogen-bond acceptors (Lipinski definition) is 9. The lowest BCUT2D eigenvalue weighted by Crippen LogP contribution is -2.45. The highest BCUT2D eigenvalue weighted by molar-refractivity contribution is 5.95. The van der Waals surface area contributed by atoms with E-state index in [9.17, 15) is 14.7 Å². The molecule has 0 saturated carbocycles. The van der Waals surface area contributed by atoms with Crippen LogP contribution in [0.5, 0.6) is 11.5 Å². The Morgan fingerprint density at radius 1 is 1.32 bits per heavy atom. The first-order valence-corrected chi connectivity index (χ1v) is 10.6. The lowest BCUT2D eigenvalue weighted by molar-refractivity contribution is -0.136. The number of allylic oxidation sites excluding steroid dienone is 1. The van der Waals surface area contributed by atoms with Crippen LogP contribution in [0.25, 0.3) is 0 Å². The van der Waals surface area contributed by atoms with Gasteiger partial charge in [-0.15, -0.1) is 0 Å². The van der Waals surface area contributed by atoms with Gasteiger partial charge in [-0.25, -0.2) is 9.59 Å². The van der Waals surface area contributed by atoms with E-state index in [4.69, 9.17) is 14.2 Å². The lowest BCUT2D eigenvalue weighted by atomic mass is 9.95. The molecule has 1 aliphatic rings. The Hall–Kier alpha value is -4.12. The molecule has 0 bridgehead atoms. The van der Waals surface area contributed by atoms with E-state index >= 15 is 0 Å². The lowest BCUT2D eigenvalue weighted by Gasteiger charge is -2.28. The minimum absolute atomic E-state index is 0.111. The molecule has 2 heterocycles. The molecule has 3 rings (SSSR count). The molecule has 1 aromatic heterocycles. The van der Waals surface area contributed by atoms with Crippen molar-refractivity contribution in [1.82, 2.24) is 21.0 Å². The number of hydrazone groups is 1. The number of rotatable bonds is 10. The van der Waals surface area contributed by atoms with Crippen molar-refractivity contribution in [3.8, 4) is 11.5 Å². The number of nitrogens with one attached hydrogen (secondary N) is 3. The van der Waals surface area contributed by atoms with Crippen molar-refractivity contribution in [1.29, 1.82) is 0 Å². The van der Waals surface area contributed by atoms with E-state index in [0.29, 0.717) is 29.4 Å². The Labute approximate surface area is 196 Å². The SMILES string of the molecule is CCOc1cc([C@@H]2NC(=O)NC(C)=C2C(=O)OC)ccc1OC[C@H](O)N/N=C\c1cccnc1. The average molecular weight is 469 g/mol. The van der Waals surface area contributed by atoms with Gasteiger partial charge in [0.2, 0.25) is 0 Å². The molecular weight excluding hydrogens is 442 g/mol. The molecule has 2 aromatic rings. The molecule has 4 N–H and O–H groups in total. The van der Waals surface area contributed by atoms with Gasteiger partial charge in [0.15, 0.2) is 17.7 Å². The maximum atomic E-state index is 12.3. The zero-order valence-corrected chi connectivity index (χ0v) is 19.1. The molecule has 11 nitrogen and oxygen atoms in total. The quantitative estimate of drug-likeness (QED) is 0.178. The number of nitrogens with zero attached hydrogens (tertiary/aromatic N) is 2. The molecule has 1 aromatic carbocycles. The topological polar surface area (TPSA) is 143 Å². The molecule has 0 aliphatic carbocycles. The number of ether oxygens (including phenoxy) is 3.